The number of hydrogen-bond donors (Lipinski definition) is 0. The van der Waals surface area contributed by atoms with Gasteiger partial charge >= 0.3 is 0 Å². The third-order valence-electron chi connectivity index (χ3n) is 2.94. The summed E-state index contributed by atoms with van der Waals surface area (Å²) in [5.41, 5.74) is 3.79. The first-order valence-corrected chi connectivity index (χ1v) is 5.26. The molecular weight excluding hydrogens is 184 g/mol. The summed E-state index contributed by atoms with van der Waals surface area (Å²) in [6.45, 7) is 6.38. The molecule has 2 aromatic rings. The Morgan fingerprint density at radius 1 is 1.13 bits per heavy atom. The number of nitrogens with zero attached hydrogens (tertiary/aromatic N) is 2. The molecule has 0 saturated heterocycles. The van der Waals surface area contributed by atoms with Crippen LogP contribution in [0.2, 0.25) is 0 Å². The van der Waals surface area contributed by atoms with Crippen LogP contribution in [0.5, 0.6) is 0 Å². The van der Waals surface area contributed by atoms with Gasteiger partial charge in [-0.3, -0.25) is 4.68 Å². The molecule has 0 saturated carbocycles. The summed E-state index contributed by atoms with van der Waals surface area (Å²) in [5.74, 6) is 0. The Hall–Kier alpha value is -1.57. The minimum Gasteiger partial charge on any atom is -0.262 e. The molecule has 0 amide bonds. The number of hydrogen-bond acceptors (Lipinski definition) is 1. The van der Waals surface area contributed by atoms with Crippen molar-refractivity contribution < 1.29 is 0 Å². The van der Waals surface area contributed by atoms with E-state index in [0.717, 1.165) is 0 Å². The Bertz CT molecular complexity index is 443. The van der Waals surface area contributed by atoms with Gasteiger partial charge < -0.3 is 0 Å². The number of benzene rings is 1. The van der Waals surface area contributed by atoms with Gasteiger partial charge in [0.1, 0.15) is 0 Å². The highest BCUT2D eigenvalue weighted by Gasteiger charge is 2.11. The molecule has 1 heterocycles. The van der Waals surface area contributed by atoms with Crippen LogP contribution in [0.3, 0.4) is 0 Å². The first kappa shape index (κ1) is 9.97. The SMILES string of the molecule is Cc1cnn(C(C)c2ccccc2)c1C. The molecule has 2 nitrogen and oxygen atoms in total. The highest BCUT2D eigenvalue weighted by Crippen LogP contribution is 2.19. The molecule has 1 unspecified atom stereocenters. The molecule has 1 atom stereocenters. The zero-order chi connectivity index (χ0) is 10.8. The topological polar surface area (TPSA) is 17.8 Å². The molecule has 1 aromatic carbocycles. The van der Waals surface area contributed by atoms with E-state index in [-0.39, 0.29) is 0 Å². The molecule has 0 fully saturated rings. The van der Waals surface area contributed by atoms with Crippen molar-refractivity contribution in [3.63, 3.8) is 0 Å². The van der Waals surface area contributed by atoms with Crippen molar-refractivity contribution >= 4 is 0 Å². The summed E-state index contributed by atoms with van der Waals surface area (Å²) in [5, 5.41) is 4.41. The van der Waals surface area contributed by atoms with Gasteiger partial charge in [0, 0.05) is 5.69 Å². The van der Waals surface area contributed by atoms with Crippen LogP contribution in [0.25, 0.3) is 0 Å². The summed E-state index contributed by atoms with van der Waals surface area (Å²) in [7, 11) is 0. The van der Waals surface area contributed by atoms with Crippen LogP contribution in [0.4, 0.5) is 0 Å². The molecular formula is C13H16N2. The Balaban J connectivity index is 2.37. The number of aryl methyl sites for hydroxylation is 1. The first-order chi connectivity index (χ1) is 7.20. The third-order valence-corrected chi connectivity index (χ3v) is 2.94. The van der Waals surface area contributed by atoms with Crippen molar-refractivity contribution in [3.05, 3.63) is 53.3 Å². The Morgan fingerprint density at radius 2 is 1.80 bits per heavy atom. The van der Waals surface area contributed by atoms with E-state index in [1.165, 1.54) is 16.8 Å². The highest BCUT2D eigenvalue weighted by molar-refractivity contribution is 5.22. The van der Waals surface area contributed by atoms with Crippen LogP contribution >= 0.6 is 0 Å². The van der Waals surface area contributed by atoms with E-state index in [1.54, 1.807) is 0 Å². The molecule has 2 heteroatoms. The lowest BCUT2D eigenvalue weighted by Gasteiger charge is -2.14. The van der Waals surface area contributed by atoms with Gasteiger partial charge in [-0.25, -0.2) is 0 Å². The van der Waals surface area contributed by atoms with Crippen molar-refractivity contribution in [3.8, 4) is 0 Å². The minimum atomic E-state index is 0.305. The van der Waals surface area contributed by atoms with Gasteiger partial charge in [0.05, 0.1) is 12.2 Å². The van der Waals surface area contributed by atoms with Crippen molar-refractivity contribution in [1.29, 1.82) is 0 Å². The molecule has 1 aromatic heterocycles. The molecule has 0 aliphatic carbocycles. The van der Waals surface area contributed by atoms with Gasteiger partial charge in [-0.15, -0.1) is 0 Å². The molecule has 0 radical (unpaired) electrons. The van der Waals surface area contributed by atoms with E-state index in [2.05, 4.69) is 54.8 Å². The lowest BCUT2D eigenvalue weighted by atomic mass is 10.1. The van der Waals surface area contributed by atoms with Gasteiger partial charge in [-0.1, -0.05) is 30.3 Å². The van der Waals surface area contributed by atoms with Crippen molar-refractivity contribution in [2.75, 3.05) is 0 Å². The van der Waals surface area contributed by atoms with E-state index in [9.17, 15) is 0 Å². The fourth-order valence-electron chi connectivity index (χ4n) is 1.77. The molecule has 0 N–H and O–H groups in total. The molecule has 78 valence electrons. The zero-order valence-electron chi connectivity index (χ0n) is 9.44. The second-order valence-corrected chi connectivity index (χ2v) is 3.94. The predicted molar refractivity (Wildman–Crippen MR) is 62.0 cm³/mol. The van der Waals surface area contributed by atoms with Gasteiger partial charge in [0.2, 0.25) is 0 Å². The van der Waals surface area contributed by atoms with Crippen molar-refractivity contribution in [1.82, 2.24) is 9.78 Å². The number of rotatable bonds is 2. The van der Waals surface area contributed by atoms with Crippen molar-refractivity contribution in [2.24, 2.45) is 0 Å². The predicted octanol–water partition coefficient (Wildman–Crippen LogP) is 3.11. The summed E-state index contributed by atoms with van der Waals surface area (Å²) in [6.07, 6.45) is 1.93. The molecule has 2 rings (SSSR count). The van der Waals surface area contributed by atoms with E-state index in [0.29, 0.717) is 6.04 Å². The lowest BCUT2D eigenvalue weighted by molar-refractivity contribution is 0.549. The van der Waals surface area contributed by atoms with Crippen LogP contribution in [-0.4, -0.2) is 9.78 Å². The lowest BCUT2D eigenvalue weighted by Crippen LogP contribution is -2.10. The molecule has 0 aliphatic heterocycles. The largest absolute Gasteiger partial charge is 0.262 e. The fraction of sp³-hybridized carbons (Fsp3) is 0.308. The third kappa shape index (κ3) is 1.80. The standard InChI is InChI=1S/C13H16N2/c1-10-9-14-15(11(10)2)12(3)13-7-5-4-6-8-13/h4-9,12H,1-3H3. The maximum absolute atomic E-state index is 4.41. The Labute approximate surface area is 90.6 Å². The van der Waals surface area contributed by atoms with Crippen LogP contribution in [0.1, 0.15) is 29.8 Å². The van der Waals surface area contributed by atoms with Crippen LogP contribution in [0.15, 0.2) is 36.5 Å². The van der Waals surface area contributed by atoms with E-state index < -0.39 is 0 Å². The van der Waals surface area contributed by atoms with E-state index >= 15 is 0 Å². The molecule has 0 spiro atoms. The molecule has 15 heavy (non-hydrogen) atoms. The quantitative estimate of drug-likeness (QED) is 0.728. The highest BCUT2D eigenvalue weighted by atomic mass is 15.3. The fourth-order valence-corrected chi connectivity index (χ4v) is 1.77. The minimum absolute atomic E-state index is 0.305. The summed E-state index contributed by atoms with van der Waals surface area (Å²) >= 11 is 0. The van der Waals surface area contributed by atoms with Crippen LogP contribution in [-0.2, 0) is 0 Å². The maximum atomic E-state index is 4.41. The van der Waals surface area contributed by atoms with Crippen LogP contribution in [0, 0.1) is 13.8 Å². The normalized spacial score (nSPS) is 12.7. The van der Waals surface area contributed by atoms with Gasteiger partial charge in [0.15, 0.2) is 0 Å². The molecule has 0 bridgehead atoms. The smallest absolute Gasteiger partial charge is 0.0743 e. The van der Waals surface area contributed by atoms with Crippen molar-refractivity contribution in [2.45, 2.75) is 26.8 Å². The summed E-state index contributed by atoms with van der Waals surface area (Å²) in [6, 6.07) is 10.8. The Kier molecular flexibility index (Phi) is 2.58. The number of aromatic nitrogens is 2. The van der Waals surface area contributed by atoms with E-state index in [4.69, 9.17) is 0 Å². The molecule has 0 aliphatic rings. The average molecular weight is 200 g/mol. The van der Waals surface area contributed by atoms with Crippen LogP contribution < -0.4 is 0 Å². The first-order valence-electron chi connectivity index (χ1n) is 5.26. The second kappa shape index (κ2) is 3.89. The average Bonchev–Trinajstić information content (AvgIpc) is 2.60. The summed E-state index contributed by atoms with van der Waals surface area (Å²) in [4.78, 5) is 0. The Morgan fingerprint density at radius 3 is 2.33 bits per heavy atom. The second-order valence-electron chi connectivity index (χ2n) is 3.94. The van der Waals surface area contributed by atoms with E-state index in [1.807, 2.05) is 12.3 Å². The van der Waals surface area contributed by atoms with Gasteiger partial charge in [-0.2, -0.15) is 5.10 Å². The van der Waals surface area contributed by atoms with Gasteiger partial charge in [-0.05, 0) is 31.9 Å². The summed E-state index contributed by atoms with van der Waals surface area (Å²) < 4.78 is 2.07. The maximum Gasteiger partial charge on any atom is 0.0743 e. The van der Waals surface area contributed by atoms with Gasteiger partial charge in [0.25, 0.3) is 0 Å². The zero-order valence-corrected chi connectivity index (χ0v) is 9.44. The monoisotopic (exact) mass is 200 g/mol.